The van der Waals surface area contributed by atoms with Gasteiger partial charge in [0.05, 0.1) is 16.8 Å². The molecule has 0 aromatic heterocycles. The molecular formula is C20H24ClNO4S2. The van der Waals surface area contributed by atoms with Gasteiger partial charge in [0.1, 0.15) is 5.75 Å². The van der Waals surface area contributed by atoms with Crippen molar-refractivity contribution >= 4 is 39.1 Å². The number of hydrogen-bond donors (Lipinski definition) is 0. The van der Waals surface area contributed by atoms with Crippen LogP contribution in [0.3, 0.4) is 0 Å². The molecule has 0 aliphatic carbocycles. The quantitative estimate of drug-likeness (QED) is 0.432. The molecule has 8 heteroatoms. The van der Waals surface area contributed by atoms with E-state index in [0.29, 0.717) is 30.3 Å². The molecule has 1 atom stereocenters. The molecule has 2 rings (SSSR count). The second-order valence-electron chi connectivity index (χ2n) is 6.42. The summed E-state index contributed by atoms with van der Waals surface area (Å²) in [5.41, 5.74) is 0. The van der Waals surface area contributed by atoms with Gasteiger partial charge >= 0.3 is 0 Å². The zero-order valence-electron chi connectivity index (χ0n) is 16.1. The van der Waals surface area contributed by atoms with Gasteiger partial charge in [0, 0.05) is 29.8 Å². The Kier molecular flexibility index (Phi) is 8.22. The van der Waals surface area contributed by atoms with E-state index in [1.165, 1.54) is 23.9 Å². The average Bonchev–Trinajstić information content (AvgIpc) is 2.65. The van der Waals surface area contributed by atoms with Gasteiger partial charge in [-0.05, 0) is 55.8 Å². The Morgan fingerprint density at radius 1 is 1.21 bits per heavy atom. The maximum atomic E-state index is 12.5. The Labute approximate surface area is 175 Å². The number of hydrogen-bond acceptors (Lipinski definition) is 5. The van der Waals surface area contributed by atoms with E-state index in [4.69, 9.17) is 16.3 Å². The Hall–Kier alpha value is -1.70. The van der Waals surface area contributed by atoms with Gasteiger partial charge in [0.2, 0.25) is 5.91 Å². The number of carbonyl (C=O) groups excluding carboxylic acids is 1. The van der Waals surface area contributed by atoms with E-state index in [-0.39, 0.29) is 16.1 Å². The zero-order valence-corrected chi connectivity index (χ0v) is 18.5. The molecule has 2 aromatic carbocycles. The minimum absolute atomic E-state index is 0.0408. The third-order valence-electron chi connectivity index (χ3n) is 3.99. The van der Waals surface area contributed by atoms with Crippen LogP contribution in [-0.4, -0.2) is 50.9 Å². The molecule has 0 aliphatic rings. The maximum absolute atomic E-state index is 12.5. The minimum Gasteiger partial charge on any atom is -0.493 e. The van der Waals surface area contributed by atoms with Crippen molar-refractivity contribution in [2.75, 3.05) is 26.5 Å². The summed E-state index contributed by atoms with van der Waals surface area (Å²) in [4.78, 5) is 15.4. The molecule has 0 heterocycles. The first-order chi connectivity index (χ1) is 13.2. The monoisotopic (exact) mass is 441 g/mol. The van der Waals surface area contributed by atoms with E-state index in [1.54, 1.807) is 36.2 Å². The Balaban J connectivity index is 1.78. The Morgan fingerprint density at radius 2 is 1.89 bits per heavy atom. The number of benzene rings is 2. The van der Waals surface area contributed by atoms with Crippen LogP contribution in [-0.2, 0) is 14.6 Å². The fraction of sp³-hybridized carbons (Fsp3) is 0.350. The molecule has 28 heavy (non-hydrogen) atoms. The van der Waals surface area contributed by atoms with Crippen molar-refractivity contribution in [2.24, 2.45) is 0 Å². The SMILES string of the molecule is CC(Sc1ccc(Cl)cc1)C(=O)N(C)CCCOc1cccc(S(C)(=O)=O)c1. The molecule has 0 saturated heterocycles. The summed E-state index contributed by atoms with van der Waals surface area (Å²) in [6.07, 6.45) is 1.81. The van der Waals surface area contributed by atoms with Gasteiger partial charge in [-0.2, -0.15) is 0 Å². The van der Waals surface area contributed by atoms with Gasteiger partial charge in [0.15, 0.2) is 9.84 Å². The van der Waals surface area contributed by atoms with Crippen molar-refractivity contribution < 1.29 is 17.9 Å². The number of carbonyl (C=O) groups is 1. The number of sulfone groups is 1. The van der Waals surface area contributed by atoms with Crippen LogP contribution in [0.5, 0.6) is 5.75 Å². The third kappa shape index (κ3) is 7.04. The summed E-state index contributed by atoms with van der Waals surface area (Å²) in [6.45, 7) is 2.82. The first kappa shape index (κ1) is 22.6. The first-order valence-corrected chi connectivity index (χ1v) is 11.9. The van der Waals surface area contributed by atoms with Gasteiger partial charge < -0.3 is 9.64 Å². The molecule has 0 aliphatic heterocycles. The lowest BCUT2D eigenvalue weighted by Gasteiger charge is -2.21. The van der Waals surface area contributed by atoms with Crippen molar-refractivity contribution in [1.82, 2.24) is 4.90 Å². The highest BCUT2D eigenvalue weighted by Gasteiger charge is 2.18. The van der Waals surface area contributed by atoms with E-state index in [2.05, 4.69) is 0 Å². The normalized spacial score (nSPS) is 12.4. The standard InChI is InChI=1S/C20H24ClNO4S2/c1-15(27-18-10-8-16(21)9-11-18)20(23)22(2)12-5-13-26-17-6-4-7-19(14-17)28(3,24)25/h4,6-11,14-15H,5,12-13H2,1-3H3. The van der Waals surface area contributed by atoms with Crippen molar-refractivity contribution in [1.29, 1.82) is 0 Å². The lowest BCUT2D eigenvalue weighted by atomic mass is 10.3. The van der Waals surface area contributed by atoms with Gasteiger partial charge in [-0.3, -0.25) is 4.79 Å². The minimum atomic E-state index is -3.26. The molecule has 0 N–H and O–H groups in total. The number of nitrogens with zero attached hydrogens (tertiary/aromatic N) is 1. The van der Waals surface area contributed by atoms with Crippen molar-refractivity contribution in [2.45, 2.75) is 28.4 Å². The zero-order chi connectivity index (χ0) is 20.7. The van der Waals surface area contributed by atoms with Crippen LogP contribution in [0.2, 0.25) is 5.02 Å². The van der Waals surface area contributed by atoms with Crippen LogP contribution >= 0.6 is 23.4 Å². The van der Waals surface area contributed by atoms with Crippen molar-refractivity contribution in [3.63, 3.8) is 0 Å². The summed E-state index contributed by atoms with van der Waals surface area (Å²) in [7, 11) is -1.49. The van der Waals surface area contributed by atoms with Gasteiger partial charge in [-0.25, -0.2) is 8.42 Å². The summed E-state index contributed by atoms with van der Waals surface area (Å²) < 4.78 is 28.8. The van der Waals surface area contributed by atoms with E-state index in [9.17, 15) is 13.2 Å². The van der Waals surface area contributed by atoms with Gasteiger partial charge in [0.25, 0.3) is 0 Å². The highest BCUT2D eigenvalue weighted by molar-refractivity contribution is 8.00. The number of rotatable bonds is 9. The predicted octanol–water partition coefficient (Wildman–Crippen LogP) is 4.15. The second-order valence-corrected chi connectivity index (χ2v) is 10.3. The van der Waals surface area contributed by atoms with E-state index >= 15 is 0 Å². The van der Waals surface area contributed by atoms with E-state index in [1.807, 2.05) is 19.1 Å². The Morgan fingerprint density at radius 3 is 2.54 bits per heavy atom. The molecule has 0 bridgehead atoms. The molecule has 0 spiro atoms. The number of ether oxygens (including phenoxy) is 1. The average molecular weight is 442 g/mol. The van der Waals surface area contributed by atoms with Crippen LogP contribution in [0.4, 0.5) is 0 Å². The fourth-order valence-corrected chi connectivity index (χ4v) is 4.24. The van der Waals surface area contributed by atoms with Crippen molar-refractivity contribution in [3.05, 3.63) is 53.6 Å². The summed E-state index contributed by atoms with van der Waals surface area (Å²) in [6, 6.07) is 13.8. The molecule has 1 amide bonds. The van der Waals surface area contributed by atoms with Crippen molar-refractivity contribution in [3.8, 4) is 5.75 Å². The fourth-order valence-electron chi connectivity index (χ4n) is 2.47. The molecule has 0 fully saturated rings. The highest BCUT2D eigenvalue weighted by Crippen LogP contribution is 2.25. The molecule has 5 nitrogen and oxygen atoms in total. The number of thioether (sulfide) groups is 1. The molecule has 2 aromatic rings. The lowest BCUT2D eigenvalue weighted by molar-refractivity contribution is -0.129. The smallest absolute Gasteiger partial charge is 0.235 e. The number of halogens is 1. The first-order valence-electron chi connectivity index (χ1n) is 8.77. The molecular weight excluding hydrogens is 418 g/mol. The predicted molar refractivity (Wildman–Crippen MR) is 114 cm³/mol. The van der Waals surface area contributed by atoms with E-state index < -0.39 is 9.84 Å². The highest BCUT2D eigenvalue weighted by atomic mass is 35.5. The van der Waals surface area contributed by atoms with E-state index in [0.717, 1.165) is 11.2 Å². The second kappa shape index (κ2) is 10.2. The number of amides is 1. The lowest BCUT2D eigenvalue weighted by Crippen LogP contribution is -2.34. The Bertz CT molecular complexity index is 901. The molecule has 0 radical (unpaired) electrons. The van der Waals surface area contributed by atoms with Crippen LogP contribution in [0.15, 0.2) is 58.3 Å². The van der Waals surface area contributed by atoms with Crippen LogP contribution in [0.1, 0.15) is 13.3 Å². The third-order valence-corrected chi connectivity index (χ3v) is 6.45. The summed E-state index contributed by atoms with van der Waals surface area (Å²) >= 11 is 7.37. The maximum Gasteiger partial charge on any atom is 0.235 e. The molecule has 152 valence electrons. The van der Waals surface area contributed by atoms with Crippen LogP contribution in [0.25, 0.3) is 0 Å². The molecule has 1 unspecified atom stereocenters. The van der Waals surface area contributed by atoms with Crippen LogP contribution < -0.4 is 4.74 Å². The molecule has 0 saturated carbocycles. The van der Waals surface area contributed by atoms with Gasteiger partial charge in [-0.15, -0.1) is 11.8 Å². The van der Waals surface area contributed by atoms with Gasteiger partial charge in [-0.1, -0.05) is 17.7 Å². The summed E-state index contributed by atoms with van der Waals surface area (Å²) in [5.74, 6) is 0.544. The topological polar surface area (TPSA) is 63.7 Å². The largest absolute Gasteiger partial charge is 0.493 e. The summed E-state index contributed by atoms with van der Waals surface area (Å²) in [5, 5.41) is 0.459. The van der Waals surface area contributed by atoms with Crippen LogP contribution in [0, 0.1) is 0 Å².